The zero-order chi connectivity index (χ0) is 13.5. The van der Waals surface area contributed by atoms with Crippen molar-refractivity contribution in [2.45, 2.75) is 46.0 Å². The number of nitrogens with zero attached hydrogens (tertiary/aromatic N) is 3. The van der Waals surface area contributed by atoms with Gasteiger partial charge in [-0.15, -0.1) is 0 Å². The Kier molecular flexibility index (Phi) is 2.90. The maximum Gasteiger partial charge on any atom is 0.137 e. The van der Waals surface area contributed by atoms with Crippen LogP contribution in [0.2, 0.25) is 0 Å². The summed E-state index contributed by atoms with van der Waals surface area (Å²) in [6.07, 6.45) is 0. The topological polar surface area (TPSA) is 41.1 Å². The zero-order valence-corrected chi connectivity index (χ0v) is 11.7. The second-order valence-electron chi connectivity index (χ2n) is 5.81. The Morgan fingerprint density at radius 3 is 2.56 bits per heavy atom. The summed E-state index contributed by atoms with van der Waals surface area (Å²) in [6, 6.07) is 8.39. The molecule has 0 amide bonds. The van der Waals surface area contributed by atoms with Crippen molar-refractivity contribution in [3.63, 3.8) is 0 Å². The highest BCUT2D eigenvalue weighted by molar-refractivity contribution is 5.48. The molecular formula is C15H19N3. The third kappa shape index (κ3) is 1.88. The number of aryl methyl sites for hydroxylation is 1. The summed E-state index contributed by atoms with van der Waals surface area (Å²) in [5, 5.41) is 9.26. The first-order valence-corrected chi connectivity index (χ1v) is 6.24. The molecule has 0 fully saturated rings. The number of hydrogen-bond acceptors (Lipinski definition) is 2. The van der Waals surface area contributed by atoms with Crippen LogP contribution in [0.5, 0.6) is 0 Å². The number of hydrogen-bond donors (Lipinski definition) is 0. The summed E-state index contributed by atoms with van der Waals surface area (Å²) < 4.78 is 2.11. The second kappa shape index (κ2) is 4.13. The lowest BCUT2D eigenvalue weighted by molar-refractivity contribution is 0.561. The van der Waals surface area contributed by atoms with Gasteiger partial charge in [-0.25, -0.2) is 4.98 Å². The molecule has 0 bridgehead atoms. The van der Waals surface area contributed by atoms with E-state index < -0.39 is 0 Å². The van der Waals surface area contributed by atoms with Gasteiger partial charge < -0.3 is 0 Å². The lowest BCUT2D eigenvalue weighted by Crippen LogP contribution is -2.16. The zero-order valence-electron chi connectivity index (χ0n) is 11.7. The summed E-state index contributed by atoms with van der Waals surface area (Å²) in [6.45, 7) is 10.4. The lowest BCUT2D eigenvalue weighted by Gasteiger charge is -2.19. The first kappa shape index (κ1) is 12.6. The van der Waals surface area contributed by atoms with E-state index in [-0.39, 0.29) is 11.3 Å². The van der Waals surface area contributed by atoms with Gasteiger partial charge in [0.25, 0.3) is 0 Å². The van der Waals surface area contributed by atoms with Crippen molar-refractivity contribution in [3.05, 3.63) is 35.3 Å². The fourth-order valence-electron chi connectivity index (χ4n) is 2.29. The number of rotatable bonds is 1. The molecule has 18 heavy (non-hydrogen) atoms. The van der Waals surface area contributed by atoms with E-state index in [1.54, 1.807) is 0 Å². The maximum atomic E-state index is 9.26. The SMILES string of the molecule is Cc1cccc2nc(C(C)(C)C)c(C(C)C#N)n12. The summed E-state index contributed by atoms with van der Waals surface area (Å²) in [4.78, 5) is 4.73. The standard InChI is InChI=1S/C15H19N3/c1-10(9-16)13-14(15(3,4)5)17-12-8-6-7-11(2)18(12)13/h6-8,10H,1-5H3. The van der Waals surface area contributed by atoms with Gasteiger partial charge in [-0.2, -0.15) is 5.26 Å². The van der Waals surface area contributed by atoms with E-state index in [2.05, 4.69) is 44.2 Å². The van der Waals surface area contributed by atoms with E-state index in [9.17, 15) is 5.26 Å². The Labute approximate surface area is 108 Å². The van der Waals surface area contributed by atoms with Crippen LogP contribution in [-0.2, 0) is 5.41 Å². The average molecular weight is 241 g/mol. The van der Waals surface area contributed by atoms with E-state index in [0.29, 0.717) is 0 Å². The molecular weight excluding hydrogens is 222 g/mol. The number of fused-ring (bicyclic) bond motifs is 1. The summed E-state index contributed by atoms with van der Waals surface area (Å²) >= 11 is 0. The van der Waals surface area contributed by atoms with E-state index in [1.165, 1.54) is 0 Å². The Hall–Kier alpha value is -1.82. The van der Waals surface area contributed by atoms with Gasteiger partial charge in [0.15, 0.2) is 0 Å². The minimum Gasteiger partial charge on any atom is -0.300 e. The maximum absolute atomic E-state index is 9.26. The van der Waals surface area contributed by atoms with E-state index in [0.717, 1.165) is 22.7 Å². The van der Waals surface area contributed by atoms with E-state index in [4.69, 9.17) is 4.98 Å². The van der Waals surface area contributed by atoms with Gasteiger partial charge in [0.05, 0.1) is 23.4 Å². The molecule has 0 N–H and O–H groups in total. The highest BCUT2D eigenvalue weighted by atomic mass is 15.0. The molecule has 0 aliphatic carbocycles. The van der Waals surface area contributed by atoms with E-state index >= 15 is 0 Å². The smallest absolute Gasteiger partial charge is 0.137 e. The Bertz CT molecular complexity index is 623. The molecule has 0 aliphatic rings. The minimum atomic E-state index is -0.157. The molecule has 0 aliphatic heterocycles. The van der Waals surface area contributed by atoms with Crippen LogP contribution < -0.4 is 0 Å². The van der Waals surface area contributed by atoms with Gasteiger partial charge >= 0.3 is 0 Å². The van der Waals surface area contributed by atoms with Crippen molar-refractivity contribution in [1.29, 1.82) is 5.26 Å². The lowest BCUT2D eigenvalue weighted by atomic mass is 9.88. The fourth-order valence-corrected chi connectivity index (χ4v) is 2.29. The third-order valence-electron chi connectivity index (χ3n) is 3.19. The second-order valence-corrected chi connectivity index (χ2v) is 5.81. The van der Waals surface area contributed by atoms with Crippen molar-refractivity contribution in [1.82, 2.24) is 9.38 Å². The van der Waals surface area contributed by atoms with Crippen molar-refractivity contribution in [2.24, 2.45) is 0 Å². The van der Waals surface area contributed by atoms with Crippen molar-refractivity contribution < 1.29 is 0 Å². The van der Waals surface area contributed by atoms with Crippen molar-refractivity contribution in [3.8, 4) is 6.07 Å². The molecule has 3 nitrogen and oxygen atoms in total. The molecule has 2 heterocycles. The summed E-state index contributed by atoms with van der Waals surface area (Å²) in [5.41, 5.74) is 4.03. The highest BCUT2D eigenvalue weighted by Crippen LogP contribution is 2.31. The van der Waals surface area contributed by atoms with Gasteiger partial charge in [-0.1, -0.05) is 26.8 Å². The predicted molar refractivity (Wildman–Crippen MR) is 72.7 cm³/mol. The molecule has 2 aromatic rings. The summed E-state index contributed by atoms with van der Waals surface area (Å²) in [7, 11) is 0. The van der Waals surface area contributed by atoms with Gasteiger partial charge in [0.1, 0.15) is 5.65 Å². The molecule has 1 unspecified atom stereocenters. The van der Waals surface area contributed by atoms with Crippen LogP contribution in [0.15, 0.2) is 18.2 Å². The van der Waals surface area contributed by atoms with Crippen LogP contribution in [0.4, 0.5) is 0 Å². The number of aromatic nitrogens is 2. The number of imidazole rings is 1. The van der Waals surface area contributed by atoms with E-state index in [1.807, 2.05) is 19.1 Å². The third-order valence-corrected chi connectivity index (χ3v) is 3.19. The average Bonchev–Trinajstić information content (AvgIpc) is 2.68. The number of nitriles is 1. The molecule has 0 spiro atoms. The first-order chi connectivity index (χ1) is 8.36. The van der Waals surface area contributed by atoms with Crippen molar-refractivity contribution in [2.75, 3.05) is 0 Å². The van der Waals surface area contributed by atoms with Gasteiger partial charge in [0, 0.05) is 11.1 Å². The molecule has 0 aromatic carbocycles. The normalized spacial score (nSPS) is 13.6. The minimum absolute atomic E-state index is 0.0566. The molecule has 94 valence electrons. The Morgan fingerprint density at radius 1 is 1.33 bits per heavy atom. The quantitative estimate of drug-likeness (QED) is 0.766. The monoisotopic (exact) mass is 241 g/mol. The molecule has 0 saturated heterocycles. The van der Waals surface area contributed by atoms with Crippen LogP contribution in [-0.4, -0.2) is 9.38 Å². The van der Waals surface area contributed by atoms with Gasteiger partial charge in [-0.05, 0) is 26.0 Å². The van der Waals surface area contributed by atoms with Crippen LogP contribution in [0, 0.1) is 18.3 Å². The van der Waals surface area contributed by atoms with Crippen LogP contribution in [0.3, 0.4) is 0 Å². The number of pyridine rings is 1. The summed E-state index contributed by atoms with van der Waals surface area (Å²) in [5.74, 6) is -0.157. The molecule has 2 aromatic heterocycles. The van der Waals surface area contributed by atoms with Gasteiger partial charge in [0.2, 0.25) is 0 Å². The van der Waals surface area contributed by atoms with Crippen LogP contribution in [0.1, 0.15) is 50.7 Å². The molecule has 0 saturated carbocycles. The fraction of sp³-hybridized carbons (Fsp3) is 0.467. The van der Waals surface area contributed by atoms with Crippen LogP contribution >= 0.6 is 0 Å². The molecule has 2 rings (SSSR count). The highest BCUT2D eigenvalue weighted by Gasteiger charge is 2.27. The molecule has 0 radical (unpaired) electrons. The predicted octanol–water partition coefficient (Wildman–Crippen LogP) is 3.57. The Balaban J connectivity index is 2.88. The molecule has 1 atom stereocenters. The molecule has 3 heteroatoms. The van der Waals surface area contributed by atoms with Crippen LogP contribution in [0.25, 0.3) is 5.65 Å². The largest absolute Gasteiger partial charge is 0.300 e. The van der Waals surface area contributed by atoms with Crippen molar-refractivity contribution >= 4 is 5.65 Å². The Morgan fingerprint density at radius 2 is 2.00 bits per heavy atom. The first-order valence-electron chi connectivity index (χ1n) is 6.24. The van der Waals surface area contributed by atoms with Gasteiger partial charge in [-0.3, -0.25) is 4.40 Å².